The van der Waals surface area contributed by atoms with Gasteiger partial charge in [0.1, 0.15) is 10.6 Å². The lowest BCUT2D eigenvalue weighted by molar-refractivity contribution is 0.0636. The van der Waals surface area contributed by atoms with Crippen molar-refractivity contribution in [3.05, 3.63) is 51.4 Å². The molecule has 0 fully saturated rings. The van der Waals surface area contributed by atoms with Gasteiger partial charge in [0.05, 0.1) is 5.56 Å². The predicted molar refractivity (Wildman–Crippen MR) is 105 cm³/mol. The molecule has 1 amide bonds. The topological polar surface area (TPSA) is 55.4 Å². The Bertz CT molecular complexity index is 845. The van der Waals surface area contributed by atoms with Crippen LogP contribution in [0.4, 0.5) is 9.80 Å². The highest BCUT2D eigenvalue weighted by molar-refractivity contribution is 7.17. The molecule has 0 radical (unpaired) electrons. The van der Waals surface area contributed by atoms with Crippen LogP contribution in [-0.2, 0) is 17.6 Å². The number of fused-ring (bicyclic) bond motifs is 1. The van der Waals surface area contributed by atoms with Crippen molar-refractivity contribution in [1.82, 2.24) is 0 Å². The van der Waals surface area contributed by atoms with Gasteiger partial charge in [0.2, 0.25) is 0 Å². The van der Waals surface area contributed by atoms with E-state index in [0.717, 1.165) is 36.8 Å². The van der Waals surface area contributed by atoms with Crippen molar-refractivity contribution < 1.29 is 14.3 Å². The summed E-state index contributed by atoms with van der Waals surface area (Å²) in [5.74, 6) is -0.0286. The first-order valence-electron chi connectivity index (χ1n) is 9.00. The summed E-state index contributed by atoms with van der Waals surface area (Å²) in [5, 5.41) is 3.44. The average molecular weight is 372 g/mol. The van der Waals surface area contributed by atoms with Crippen LogP contribution in [0.25, 0.3) is 0 Å². The SMILES string of the molecule is Cc1cccc(C(=O)c2c(NC(=O)OC(C)(C)C)sc3c2CCCC3)c1. The molecule has 1 heterocycles. The summed E-state index contributed by atoms with van der Waals surface area (Å²) in [6.45, 7) is 7.44. The van der Waals surface area contributed by atoms with E-state index in [1.165, 1.54) is 16.2 Å². The van der Waals surface area contributed by atoms with Crippen LogP contribution in [0.2, 0.25) is 0 Å². The second-order valence-corrected chi connectivity index (χ2v) is 8.85. The first-order valence-corrected chi connectivity index (χ1v) is 9.82. The van der Waals surface area contributed by atoms with Crippen LogP contribution < -0.4 is 5.32 Å². The summed E-state index contributed by atoms with van der Waals surface area (Å²) >= 11 is 1.51. The Labute approximate surface area is 158 Å². The van der Waals surface area contributed by atoms with E-state index >= 15 is 0 Å². The van der Waals surface area contributed by atoms with Crippen LogP contribution in [0, 0.1) is 6.92 Å². The van der Waals surface area contributed by atoms with E-state index < -0.39 is 11.7 Å². The highest BCUT2D eigenvalue weighted by Gasteiger charge is 2.28. The number of thiophene rings is 1. The van der Waals surface area contributed by atoms with E-state index in [-0.39, 0.29) is 5.78 Å². The van der Waals surface area contributed by atoms with E-state index in [4.69, 9.17) is 4.74 Å². The molecule has 4 nitrogen and oxygen atoms in total. The van der Waals surface area contributed by atoms with Gasteiger partial charge in [-0.3, -0.25) is 10.1 Å². The monoisotopic (exact) mass is 371 g/mol. The lowest BCUT2D eigenvalue weighted by Gasteiger charge is -2.19. The van der Waals surface area contributed by atoms with Crippen molar-refractivity contribution in [2.45, 2.75) is 59.0 Å². The second-order valence-electron chi connectivity index (χ2n) is 7.74. The fourth-order valence-electron chi connectivity index (χ4n) is 3.22. The zero-order chi connectivity index (χ0) is 18.9. The summed E-state index contributed by atoms with van der Waals surface area (Å²) in [7, 11) is 0. The van der Waals surface area contributed by atoms with E-state index in [2.05, 4.69) is 5.32 Å². The van der Waals surface area contributed by atoms with Crippen molar-refractivity contribution in [2.24, 2.45) is 0 Å². The molecule has 1 aromatic carbocycles. The third-order valence-corrected chi connectivity index (χ3v) is 5.50. The minimum absolute atomic E-state index is 0.0286. The number of nitrogens with one attached hydrogen (secondary N) is 1. The van der Waals surface area contributed by atoms with Crippen molar-refractivity contribution in [3.63, 3.8) is 0 Å². The second kappa shape index (κ2) is 7.23. The summed E-state index contributed by atoms with van der Waals surface area (Å²) in [4.78, 5) is 26.7. The molecule has 1 N–H and O–H groups in total. The van der Waals surface area contributed by atoms with Crippen molar-refractivity contribution in [3.8, 4) is 0 Å². The number of ether oxygens (including phenoxy) is 1. The molecule has 0 aliphatic heterocycles. The maximum atomic E-state index is 13.2. The Hall–Kier alpha value is -2.14. The number of aryl methyl sites for hydroxylation is 2. The van der Waals surface area contributed by atoms with Crippen molar-refractivity contribution >= 4 is 28.2 Å². The van der Waals surface area contributed by atoms with Gasteiger partial charge in [-0.05, 0) is 65.0 Å². The molecule has 5 heteroatoms. The van der Waals surface area contributed by atoms with Gasteiger partial charge in [0, 0.05) is 10.4 Å². The minimum Gasteiger partial charge on any atom is -0.444 e. The van der Waals surface area contributed by atoms with Gasteiger partial charge in [0.15, 0.2) is 5.78 Å². The third kappa shape index (κ3) is 4.15. The minimum atomic E-state index is -0.582. The maximum absolute atomic E-state index is 13.2. The average Bonchev–Trinajstić information content (AvgIpc) is 2.89. The smallest absolute Gasteiger partial charge is 0.412 e. The number of amides is 1. The molecule has 3 rings (SSSR count). The number of benzene rings is 1. The predicted octanol–water partition coefficient (Wildman–Crippen LogP) is 5.51. The highest BCUT2D eigenvalue weighted by atomic mass is 32.1. The van der Waals surface area contributed by atoms with Crippen LogP contribution in [0.3, 0.4) is 0 Å². The number of hydrogen-bond acceptors (Lipinski definition) is 4. The van der Waals surface area contributed by atoms with Crippen LogP contribution in [0.1, 0.15) is 65.5 Å². The number of ketones is 1. The van der Waals surface area contributed by atoms with Gasteiger partial charge in [0.25, 0.3) is 0 Å². The Morgan fingerprint density at radius 1 is 1.15 bits per heavy atom. The molecule has 0 bridgehead atoms. The molecule has 1 aliphatic carbocycles. The molecular weight excluding hydrogens is 346 g/mol. The van der Waals surface area contributed by atoms with Gasteiger partial charge in [-0.15, -0.1) is 11.3 Å². The molecule has 0 spiro atoms. The Kier molecular flexibility index (Phi) is 5.19. The van der Waals surface area contributed by atoms with Gasteiger partial charge < -0.3 is 4.74 Å². The largest absolute Gasteiger partial charge is 0.444 e. The first-order chi connectivity index (χ1) is 12.2. The molecule has 2 aromatic rings. The highest BCUT2D eigenvalue weighted by Crippen LogP contribution is 2.39. The van der Waals surface area contributed by atoms with Gasteiger partial charge in [-0.1, -0.05) is 23.8 Å². The fraction of sp³-hybridized carbons (Fsp3) is 0.429. The van der Waals surface area contributed by atoms with Crippen LogP contribution in [-0.4, -0.2) is 17.5 Å². The van der Waals surface area contributed by atoms with E-state index in [9.17, 15) is 9.59 Å². The molecular formula is C21H25NO3S. The molecule has 0 saturated heterocycles. The normalized spacial score (nSPS) is 13.8. The number of rotatable bonds is 3. The van der Waals surface area contributed by atoms with Crippen LogP contribution >= 0.6 is 11.3 Å². The molecule has 0 saturated carbocycles. The van der Waals surface area contributed by atoms with E-state index in [0.29, 0.717) is 16.1 Å². The molecule has 1 aliphatic rings. The lowest BCUT2D eigenvalue weighted by atomic mass is 9.91. The first kappa shape index (κ1) is 18.6. The number of anilines is 1. The summed E-state index contributed by atoms with van der Waals surface area (Å²) in [6, 6.07) is 7.59. The number of hydrogen-bond donors (Lipinski definition) is 1. The standard InChI is InChI=1S/C21H25NO3S/c1-13-8-7-9-14(12-13)18(23)17-15-10-5-6-11-16(15)26-19(17)22-20(24)25-21(2,3)4/h7-9,12H,5-6,10-11H2,1-4H3,(H,22,24). The van der Waals surface area contributed by atoms with Crippen molar-refractivity contribution in [1.29, 1.82) is 0 Å². The van der Waals surface area contributed by atoms with Gasteiger partial charge in [-0.25, -0.2) is 4.79 Å². The van der Waals surface area contributed by atoms with Gasteiger partial charge >= 0.3 is 6.09 Å². The Morgan fingerprint density at radius 2 is 1.88 bits per heavy atom. The summed E-state index contributed by atoms with van der Waals surface area (Å²) in [6.07, 6.45) is 3.52. The summed E-state index contributed by atoms with van der Waals surface area (Å²) < 4.78 is 5.38. The number of carbonyl (C=O) groups is 2. The molecule has 1 aromatic heterocycles. The van der Waals surface area contributed by atoms with E-state index in [1.807, 2.05) is 52.0 Å². The quantitative estimate of drug-likeness (QED) is 0.724. The maximum Gasteiger partial charge on any atom is 0.412 e. The fourth-order valence-corrected chi connectivity index (χ4v) is 4.49. The molecule has 26 heavy (non-hydrogen) atoms. The van der Waals surface area contributed by atoms with Crippen LogP contribution in [0.5, 0.6) is 0 Å². The van der Waals surface area contributed by atoms with Gasteiger partial charge in [-0.2, -0.15) is 0 Å². The molecule has 0 atom stereocenters. The Morgan fingerprint density at radius 3 is 2.58 bits per heavy atom. The lowest BCUT2D eigenvalue weighted by Crippen LogP contribution is -2.27. The van der Waals surface area contributed by atoms with Crippen LogP contribution in [0.15, 0.2) is 24.3 Å². The van der Waals surface area contributed by atoms with Crippen molar-refractivity contribution in [2.75, 3.05) is 5.32 Å². The zero-order valence-electron chi connectivity index (χ0n) is 15.8. The van der Waals surface area contributed by atoms with E-state index in [1.54, 1.807) is 0 Å². The zero-order valence-corrected chi connectivity index (χ0v) is 16.6. The number of carbonyl (C=O) groups excluding carboxylic acids is 2. The molecule has 0 unspecified atom stereocenters. The molecule has 138 valence electrons. The Balaban J connectivity index is 1.98. The summed E-state index contributed by atoms with van der Waals surface area (Å²) in [5.41, 5.74) is 2.85. The third-order valence-electron chi connectivity index (χ3n) is 4.29.